The topological polar surface area (TPSA) is 60.5 Å². The average Bonchev–Trinajstić information content (AvgIpc) is 2.51. The highest BCUT2D eigenvalue weighted by Crippen LogP contribution is 2.25. The van der Waals surface area contributed by atoms with Gasteiger partial charge in [-0.3, -0.25) is 9.78 Å². The highest BCUT2D eigenvalue weighted by atomic mass is 16.5. The first-order chi connectivity index (χ1) is 10.9. The molecule has 0 unspecified atom stereocenters. The molecule has 1 aliphatic rings. The van der Waals surface area contributed by atoms with Gasteiger partial charge in [-0.1, -0.05) is 0 Å². The molecular weight excluding hydrogens is 292 g/mol. The Kier molecular flexibility index (Phi) is 5.99. The number of rotatable bonds is 6. The predicted molar refractivity (Wildman–Crippen MR) is 89.5 cm³/mol. The van der Waals surface area contributed by atoms with Crippen LogP contribution < -0.4 is 10.1 Å². The van der Waals surface area contributed by atoms with E-state index in [2.05, 4.69) is 10.3 Å². The Hall–Kier alpha value is -1.62. The van der Waals surface area contributed by atoms with Gasteiger partial charge < -0.3 is 14.8 Å². The third-order valence-corrected chi connectivity index (χ3v) is 4.31. The van der Waals surface area contributed by atoms with Gasteiger partial charge in [0.25, 0.3) is 5.91 Å². The minimum absolute atomic E-state index is 0.0353. The minimum atomic E-state index is -0.769. The Bertz CT molecular complexity index is 523. The van der Waals surface area contributed by atoms with Gasteiger partial charge in [-0.05, 0) is 65.5 Å². The van der Waals surface area contributed by atoms with Crippen molar-refractivity contribution in [1.82, 2.24) is 10.3 Å². The number of hydrogen-bond donors (Lipinski definition) is 1. The summed E-state index contributed by atoms with van der Waals surface area (Å²) < 4.78 is 11.5. The number of amides is 1. The van der Waals surface area contributed by atoms with Crippen molar-refractivity contribution in [2.45, 2.75) is 71.1 Å². The van der Waals surface area contributed by atoms with E-state index < -0.39 is 5.60 Å². The average molecular weight is 320 g/mol. The van der Waals surface area contributed by atoms with Crippen molar-refractivity contribution in [3.05, 3.63) is 24.0 Å². The number of carbonyl (C=O) groups excluding carboxylic acids is 1. The number of aromatic nitrogens is 1. The van der Waals surface area contributed by atoms with Gasteiger partial charge in [0.2, 0.25) is 0 Å². The zero-order valence-corrected chi connectivity index (χ0v) is 14.6. The van der Waals surface area contributed by atoms with E-state index in [1.165, 1.54) is 0 Å². The molecule has 1 fully saturated rings. The fourth-order valence-electron chi connectivity index (χ4n) is 2.88. The highest BCUT2D eigenvalue weighted by molar-refractivity contribution is 5.84. The van der Waals surface area contributed by atoms with Gasteiger partial charge in [-0.15, -0.1) is 0 Å². The van der Waals surface area contributed by atoms with Gasteiger partial charge in [0.05, 0.1) is 11.8 Å². The molecule has 1 N–H and O–H groups in total. The standard InChI is InChI=1S/C18H28N2O3/c1-5-22-18(3,4)17(21)20-14-8-10-15(11-9-14)23-16-7-6-12-19-13(16)2/h6-7,12,14-15H,5,8-11H2,1-4H3,(H,20,21). The molecule has 1 aromatic rings. The van der Waals surface area contributed by atoms with Crippen molar-refractivity contribution in [2.24, 2.45) is 0 Å². The summed E-state index contributed by atoms with van der Waals surface area (Å²) in [5.41, 5.74) is 0.149. The summed E-state index contributed by atoms with van der Waals surface area (Å²) >= 11 is 0. The first kappa shape index (κ1) is 17.7. The lowest BCUT2D eigenvalue weighted by molar-refractivity contribution is -0.143. The lowest BCUT2D eigenvalue weighted by atomic mass is 9.92. The maximum atomic E-state index is 12.3. The molecule has 0 bridgehead atoms. The second-order valence-corrected chi connectivity index (χ2v) is 6.60. The molecule has 0 aliphatic heterocycles. The normalized spacial score (nSPS) is 21.7. The SMILES string of the molecule is CCOC(C)(C)C(=O)NC1CCC(Oc2cccnc2C)CC1. The Balaban J connectivity index is 1.80. The predicted octanol–water partition coefficient (Wildman–Crippen LogP) is 3.01. The zero-order chi connectivity index (χ0) is 16.9. The van der Waals surface area contributed by atoms with Gasteiger partial charge in [0, 0.05) is 18.8 Å². The van der Waals surface area contributed by atoms with E-state index in [1.807, 2.05) is 39.8 Å². The molecule has 128 valence electrons. The molecule has 5 nitrogen and oxygen atoms in total. The first-order valence-electron chi connectivity index (χ1n) is 8.45. The number of hydrogen-bond acceptors (Lipinski definition) is 4. The summed E-state index contributed by atoms with van der Waals surface area (Å²) in [7, 11) is 0. The molecule has 0 spiro atoms. The van der Waals surface area contributed by atoms with E-state index in [9.17, 15) is 4.79 Å². The van der Waals surface area contributed by atoms with E-state index in [0.717, 1.165) is 37.1 Å². The van der Waals surface area contributed by atoms with Crippen LogP contribution in [-0.2, 0) is 9.53 Å². The van der Waals surface area contributed by atoms with Gasteiger partial charge in [-0.25, -0.2) is 0 Å². The second kappa shape index (κ2) is 7.77. The fourth-order valence-corrected chi connectivity index (χ4v) is 2.88. The van der Waals surface area contributed by atoms with Crippen molar-refractivity contribution in [1.29, 1.82) is 0 Å². The van der Waals surface area contributed by atoms with E-state index in [1.54, 1.807) is 6.20 Å². The van der Waals surface area contributed by atoms with Crippen LogP contribution in [0.15, 0.2) is 18.3 Å². The van der Waals surface area contributed by atoms with Crippen molar-refractivity contribution in [3.8, 4) is 5.75 Å². The van der Waals surface area contributed by atoms with E-state index in [0.29, 0.717) is 6.61 Å². The summed E-state index contributed by atoms with van der Waals surface area (Å²) in [4.78, 5) is 16.5. The number of ether oxygens (including phenoxy) is 2. The summed E-state index contributed by atoms with van der Waals surface area (Å²) in [5.74, 6) is 0.823. The molecule has 0 radical (unpaired) electrons. The Morgan fingerprint density at radius 1 is 1.35 bits per heavy atom. The zero-order valence-electron chi connectivity index (χ0n) is 14.6. The largest absolute Gasteiger partial charge is 0.489 e. The second-order valence-electron chi connectivity index (χ2n) is 6.60. The summed E-state index contributed by atoms with van der Waals surface area (Å²) in [5, 5.41) is 3.11. The van der Waals surface area contributed by atoms with Gasteiger partial charge >= 0.3 is 0 Å². The van der Waals surface area contributed by atoms with Crippen LogP contribution in [0.2, 0.25) is 0 Å². The maximum absolute atomic E-state index is 12.3. The van der Waals surface area contributed by atoms with Gasteiger partial charge in [0.1, 0.15) is 11.4 Å². The molecule has 1 heterocycles. The van der Waals surface area contributed by atoms with Crippen molar-refractivity contribution in [2.75, 3.05) is 6.61 Å². The van der Waals surface area contributed by atoms with Crippen molar-refractivity contribution >= 4 is 5.91 Å². The monoisotopic (exact) mass is 320 g/mol. The van der Waals surface area contributed by atoms with Crippen LogP contribution in [0.25, 0.3) is 0 Å². The number of aryl methyl sites for hydroxylation is 1. The first-order valence-corrected chi connectivity index (χ1v) is 8.45. The van der Waals surface area contributed by atoms with Crippen LogP contribution in [0.1, 0.15) is 52.1 Å². The molecular formula is C18H28N2O3. The number of nitrogens with one attached hydrogen (secondary N) is 1. The van der Waals surface area contributed by atoms with E-state index in [4.69, 9.17) is 9.47 Å². The quantitative estimate of drug-likeness (QED) is 0.875. The van der Waals surface area contributed by atoms with Crippen LogP contribution in [0.3, 0.4) is 0 Å². The highest BCUT2D eigenvalue weighted by Gasteiger charge is 2.31. The molecule has 0 atom stereocenters. The summed E-state index contributed by atoms with van der Waals surface area (Å²) in [6.07, 6.45) is 5.71. The molecule has 2 rings (SSSR count). The Labute approximate surface area is 138 Å². The lowest BCUT2D eigenvalue weighted by Crippen LogP contribution is -2.49. The molecule has 0 aromatic carbocycles. The number of nitrogens with zero attached hydrogens (tertiary/aromatic N) is 1. The third kappa shape index (κ3) is 4.93. The smallest absolute Gasteiger partial charge is 0.251 e. The van der Waals surface area contributed by atoms with Gasteiger partial charge in [0.15, 0.2) is 0 Å². The third-order valence-electron chi connectivity index (χ3n) is 4.31. The lowest BCUT2D eigenvalue weighted by Gasteiger charge is -2.32. The van der Waals surface area contributed by atoms with Crippen LogP contribution >= 0.6 is 0 Å². The fraction of sp³-hybridized carbons (Fsp3) is 0.667. The molecule has 0 saturated heterocycles. The maximum Gasteiger partial charge on any atom is 0.251 e. The number of carbonyl (C=O) groups is 1. The Morgan fingerprint density at radius 2 is 2.04 bits per heavy atom. The molecule has 1 aliphatic carbocycles. The van der Waals surface area contributed by atoms with Crippen molar-refractivity contribution < 1.29 is 14.3 Å². The van der Waals surface area contributed by atoms with Crippen LogP contribution in [0.4, 0.5) is 0 Å². The van der Waals surface area contributed by atoms with E-state index >= 15 is 0 Å². The molecule has 5 heteroatoms. The molecule has 1 aromatic heterocycles. The van der Waals surface area contributed by atoms with Crippen LogP contribution in [0, 0.1) is 6.92 Å². The van der Waals surface area contributed by atoms with E-state index in [-0.39, 0.29) is 18.1 Å². The molecule has 1 amide bonds. The van der Waals surface area contributed by atoms with Crippen LogP contribution in [-0.4, -0.2) is 35.2 Å². The summed E-state index contributed by atoms with van der Waals surface area (Å²) in [6.45, 7) is 8.01. The summed E-state index contributed by atoms with van der Waals surface area (Å²) in [6, 6.07) is 4.06. The van der Waals surface area contributed by atoms with Crippen molar-refractivity contribution in [3.63, 3.8) is 0 Å². The van der Waals surface area contributed by atoms with Gasteiger partial charge in [-0.2, -0.15) is 0 Å². The number of pyridine rings is 1. The van der Waals surface area contributed by atoms with Crippen LogP contribution in [0.5, 0.6) is 5.75 Å². The molecule has 23 heavy (non-hydrogen) atoms. The molecule has 1 saturated carbocycles. The minimum Gasteiger partial charge on any atom is -0.489 e. The Morgan fingerprint density at radius 3 is 2.65 bits per heavy atom.